The van der Waals surface area contributed by atoms with Crippen LogP contribution in [-0.2, 0) is 29.2 Å². The van der Waals surface area contributed by atoms with Gasteiger partial charge in [0.05, 0.1) is 19.8 Å². The molecule has 0 aromatic heterocycles. The number of rotatable bonds is 9. The molecule has 2 aromatic rings. The number of nitrogens with zero attached hydrogens (tertiary/aromatic N) is 2. The van der Waals surface area contributed by atoms with E-state index >= 15 is 0 Å². The Balaban J connectivity index is 1.45. The number of benzene rings is 2. The van der Waals surface area contributed by atoms with Gasteiger partial charge in [0.25, 0.3) is 0 Å². The van der Waals surface area contributed by atoms with Crippen LogP contribution in [0.3, 0.4) is 0 Å². The molecule has 1 atom stereocenters. The fraction of sp³-hybridized carbons (Fsp3) is 0.458. The molecule has 1 fully saturated rings. The van der Waals surface area contributed by atoms with Gasteiger partial charge in [-0.25, -0.2) is 0 Å². The molecule has 2 aromatic carbocycles. The monoisotopic (exact) mass is 395 g/mol. The highest BCUT2D eigenvalue weighted by Crippen LogP contribution is 2.18. The number of hydrogen-bond donors (Lipinski definition) is 1. The van der Waals surface area contributed by atoms with Crippen molar-refractivity contribution in [3.8, 4) is 0 Å². The largest absolute Gasteiger partial charge is 0.377 e. The normalized spacial score (nSPS) is 17.0. The quantitative estimate of drug-likeness (QED) is 0.518. The van der Waals surface area contributed by atoms with Gasteiger partial charge in [-0.15, -0.1) is 0 Å². The van der Waals surface area contributed by atoms with Gasteiger partial charge in [-0.05, 0) is 30.0 Å². The summed E-state index contributed by atoms with van der Waals surface area (Å²) in [4.78, 5) is 6.83. The molecule has 1 N–H and O–H groups in total. The Morgan fingerprint density at radius 2 is 1.79 bits per heavy atom. The summed E-state index contributed by atoms with van der Waals surface area (Å²) in [6.45, 7) is 7.62. The van der Waals surface area contributed by atoms with E-state index < -0.39 is 0 Å². The van der Waals surface area contributed by atoms with Crippen LogP contribution in [0.15, 0.2) is 59.6 Å². The zero-order chi connectivity index (χ0) is 20.3. The lowest BCUT2D eigenvalue weighted by atomic mass is 10.1. The van der Waals surface area contributed by atoms with Crippen molar-refractivity contribution in [1.29, 1.82) is 0 Å². The van der Waals surface area contributed by atoms with Crippen LogP contribution in [0, 0.1) is 5.92 Å². The van der Waals surface area contributed by atoms with E-state index in [1.54, 1.807) is 0 Å². The molecule has 29 heavy (non-hydrogen) atoms. The highest BCUT2D eigenvalue weighted by Gasteiger charge is 2.25. The summed E-state index contributed by atoms with van der Waals surface area (Å²) >= 11 is 0. The second-order valence-corrected chi connectivity index (χ2v) is 7.41. The van der Waals surface area contributed by atoms with Crippen LogP contribution in [0.2, 0.25) is 0 Å². The number of hydrogen-bond acceptors (Lipinski definition) is 3. The molecule has 0 amide bonds. The van der Waals surface area contributed by atoms with Gasteiger partial charge in [0.2, 0.25) is 0 Å². The summed E-state index contributed by atoms with van der Waals surface area (Å²) in [5.41, 5.74) is 3.71. The minimum atomic E-state index is 0.544. The van der Waals surface area contributed by atoms with Gasteiger partial charge in [-0.3, -0.25) is 4.99 Å². The van der Waals surface area contributed by atoms with Crippen molar-refractivity contribution < 1.29 is 9.47 Å². The third-order valence-electron chi connectivity index (χ3n) is 5.28. The van der Waals surface area contributed by atoms with E-state index in [9.17, 15) is 0 Å². The van der Waals surface area contributed by atoms with Crippen molar-refractivity contribution in [2.24, 2.45) is 10.9 Å². The maximum absolute atomic E-state index is 5.95. The number of likely N-dealkylation sites (tertiary alicyclic amines) is 1. The minimum Gasteiger partial charge on any atom is -0.377 e. The van der Waals surface area contributed by atoms with Crippen molar-refractivity contribution in [2.45, 2.75) is 33.1 Å². The van der Waals surface area contributed by atoms with Gasteiger partial charge in [-0.2, -0.15) is 0 Å². The summed E-state index contributed by atoms with van der Waals surface area (Å²) < 4.78 is 11.5. The van der Waals surface area contributed by atoms with E-state index in [2.05, 4.69) is 63.7 Å². The van der Waals surface area contributed by atoms with Crippen LogP contribution in [-0.4, -0.2) is 44.2 Å². The van der Waals surface area contributed by atoms with Gasteiger partial charge in [0.15, 0.2) is 5.96 Å². The third-order valence-corrected chi connectivity index (χ3v) is 5.28. The fourth-order valence-corrected chi connectivity index (χ4v) is 3.67. The predicted octanol–water partition coefficient (Wildman–Crippen LogP) is 3.84. The maximum Gasteiger partial charge on any atom is 0.193 e. The summed E-state index contributed by atoms with van der Waals surface area (Å²) in [7, 11) is 1.85. The Kier molecular flexibility index (Phi) is 8.53. The van der Waals surface area contributed by atoms with E-state index in [1.807, 2.05) is 20.0 Å². The number of aliphatic imine (C=N–C) groups is 1. The molecule has 1 aliphatic rings. The Morgan fingerprint density at radius 3 is 2.55 bits per heavy atom. The van der Waals surface area contributed by atoms with Gasteiger partial charge in [0.1, 0.15) is 0 Å². The van der Waals surface area contributed by atoms with Crippen LogP contribution in [0.1, 0.15) is 30.0 Å². The number of ether oxygens (including phenoxy) is 2. The molecule has 1 unspecified atom stereocenters. The summed E-state index contributed by atoms with van der Waals surface area (Å²) in [6.07, 6.45) is 1.14. The van der Waals surface area contributed by atoms with Gasteiger partial charge in [-0.1, -0.05) is 54.6 Å². The molecule has 156 valence electrons. The topological polar surface area (TPSA) is 46.1 Å². The molecule has 1 heterocycles. The average molecular weight is 396 g/mol. The molecule has 0 aliphatic carbocycles. The SMILES string of the molecule is CCOCc1ccccc1CNC(=NC)N1CCC(COCc2ccccc2)C1. The van der Waals surface area contributed by atoms with Crippen LogP contribution >= 0.6 is 0 Å². The van der Waals surface area contributed by atoms with Crippen molar-refractivity contribution >= 4 is 5.96 Å². The molecule has 0 saturated carbocycles. The molecular weight excluding hydrogens is 362 g/mol. The van der Waals surface area contributed by atoms with E-state index in [-0.39, 0.29) is 0 Å². The molecule has 5 heteroatoms. The molecular formula is C24H33N3O2. The smallest absolute Gasteiger partial charge is 0.193 e. The Morgan fingerprint density at radius 1 is 1.03 bits per heavy atom. The molecule has 5 nitrogen and oxygen atoms in total. The highest BCUT2D eigenvalue weighted by molar-refractivity contribution is 5.80. The zero-order valence-electron chi connectivity index (χ0n) is 17.6. The van der Waals surface area contributed by atoms with Crippen molar-refractivity contribution in [1.82, 2.24) is 10.2 Å². The lowest BCUT2D eigenvalue weighted by Crippen LogP contribution is -2.40. The van der Waals surface area contributed by atoms with Crippen molar-refractivity contribution in [2.75, 3.05) is 33.4 Å². The molecule has 3 rings (SSSR count). The van der Waals surface area contributed by atoms with E-state index in [0.717, 1.165) is 45.2 Å². The third kappa shape index (κ3) is 6.58. The first-order chi connectivity index (χ1) is 14.3. The second-order valence-electron chi connectivity index (χ2n) is 7.41. The van der Waals surface area contributed by atoms with Gasteiger partial charge in [0, 0.05) is 39.2 Å². The Bertz CT molecular complexity index is 764. The van der Waals surface area contributed by atoms with Crippen LogP contribution in [0.25, 0.3) is 0 Å². The molecule has 1 aliphatic heterocycles. The summed E-state index contributed by atoms with van der Waals surface area (Å²) in [6, 6.07) is 18.8. The fourth-order valence-electron chi connectivity index (χ4n) is 3.67. The first-order valence-electron chi connectivity index (χ1n) is 10.5. The predicted molar refractivity (Wildman–Crippen MR) is 118 cm³/mol. The molecule has 1 saturated heterocycles. The summed E-state index contributed by atoms with van der Waals surface area (Å²) in [5, 5.41) is 3.53. The summed E-state index contributed by atoms with van der Waals surface area (Å²) in [5.74, 6) is 1.50. The van der Waals surface area contributed by atoms with Crippen molar-refractivity contribution in [3.05, 3.63) is 71.3 Å². The lowest BCUT2D eigenvalue weighted by molar-refractivity contribution is 0.0906. The second kappa shape index (κ2) is 11.6. The number of nitrogens with one attached hydrogen (secondary N) is 1. The Hall–Kier alpha value is -2.37. The highest BCUT2D eigenvalue weighted by atomic mass is 16.5. The van der Waals surface area contributed by atoms with Crippen LogP contribution < -0.4 is 5.32 Å². The van der Waals surface area contributed by atoms with E-state index in [1.165, 1.54) is 16.7 Å². The van der Waals surface area contributed by atoms with Crippen LogP contribution in [0.5, 0.6) is 0 Å². The average Bonchev–Trinajstić information content (AvgIpc) is 3.23. The Labute approximate surface area is 174 Å². The van der Waals surface area contributed by atoms with Crippen molar-refractivity contribution in [3.63, 3.8) is 0 Å². The zero-order valence-corrected chi connectivity index (χ0v) is 17.6. The maximum atomic E-state index is 5.95. The number of guanidine groups is 1. The molecule has 0 spiro atoms. The van der Waals surface area contributed by atoms with Crippen LogP contribution in [0.4, 0.5) is 0 Å². The van der Waals surface area contributed by atoms with Gasteiger partial charge < -0.3 is 19.7 Å². The standard InChI is InChI=1S/C24H33N3O2/c1-3-28-19-23-12-8-7-11-22(23)15-26-24(25-2)27-14-13-21(16-27)18-29-17-20-9-5-4-6-10-20/h4-12,21H,3,13-19H2,1-2H3,(H,25,26). The minimum absolute atomic E-state index is 0.544. The molecule has 0 radical (unpaired) electrons. The first kappa shape index (κ1) is 21.3. The van der Waals surface area contributed by atoms with E-state index in [4.69, 9.17) is 9.47 Å². The first-order valence-corrected chi connectivity index (χ1v) is 10.5. The van der Waals surface area contributed by atoms with E-state index in [0.29, 0.717) is 19.1 Å². The van der Waals surface area contributed by atoms with Gasteiger partial charge >= 0.3 is 0 Å². The molecule has 0 bridgehead atoms. The lowest BCUT2D eigenvalue weighted by Gasteiger charge is -2.22.